The molecule has 29 heavy (non-hydrogen) atoms. The van der Waals surface area contributed by atoms with Crippen LogP contribution in [0, 0.1) is 18.3 Å². The van der Waals surface area contributed by atoms with E-state index < -0.39 is 0 Å². The standard InChI is InChI=1S/C22H21N5O2/c1-14-6-11-18-25-20(26-21(28)16-9-7-15(12-23)8-10-16)19(27(18)13-14)22(29)24-17-4-2-3-5-17/h6-11,13,17H,2-5H2,1H3,(H,24,29)(H,26,28). The fourth-order valence-corrected chi connectivity index (χ4v) is 3.65. The monoisotopic (exact) mass is 387 g/mol. The molecular formula is C22H21N5O2. The molecule has 7 heteroatoms. The van der Waals surface area contributed by atoms with Crippen molar-refractivity contribution < 1.29 is 9.59 Å². The first-order chi connectivity index (χ1) is 14.0. The highest BCUT2D eigenvalue weighted by molar-refractivity contribution is 6.08. The van der Waals surface area contributed by atoms with Gasteiger partial charge < -0.3 is 10.6 Å². The Hall–Kier alpha value is -3.66. The third-order valence-electron chi connectivity index (χ3n) is 5.18. The summed E-state index contributed by atoms with van der Waals surface area (Å²) in [5.74, 6) is -0.407. The number of nitrogens with one attached hydrogen (secondary N) is 2. The first-order valence-corrected chi connectivity index (χ1v) is 9.66. The minimum Gasteiger partial charge on any atom is -0.348 e. The zero-order chi connectivity index (χ0) is 20.4. The van der Waals surface area contributed by atoms with Gasteiger partial charge in [0.1, 0.15) is 5.65 Å². The molecule has 0 radical (unpaired) electrons. The van der Waals surface area contributed by atoms with E-state index in [2.05, 4.69) is 15.6 Å². The highest BCUT2D eigenvalue weighted by atomic mass is 16.2. The van der Waals surface area contributed by atoms with Crippen molar-refractivity contribution in [3.8, 4) is 6.07 Å². The van der Waals surface area contributed by atoms with Gasteiger partial charge in [-0.25, -0.2) is 4.98 Å². The maximum absolute atomic E-state index is 13.1. The van der Waals surface area contributed by atoms with E-state index in [9.17, 15) is 9.59 Å². The summed E-state index contributed by atoms with van der Waals surface area (Å²) in [7, 11) is 0. The van der Waals surface area contributed by atoms with Crippen LogP contribution in [0.15, 0.2) is 42.6 Å². The van der Waals surface area contributed by atoms with Crippen molar-refractivity contribution in [1.82, 2.24) is 14.7 Å². The number of carbonyl (C=O) groups is 2. The number of fused-ring (bicyclic) bond motifs is 1. The maximum Gasteiger partial charge on any atom is 0.272 e. The number of pyridine rings is 1. The summed E-state index contributed by atoms with van der Waals surface area (Å²) in [5, 5.41) is 14.8. The fourth-order valence-electron chi connectivity index (χ4n) is 3.65. The minimum absolute atomic E-state index is 0.153. The Kier molecular flexibility index (Phi) is 5.00. The Morgan fingerprint density at radius 3 is 2.52 bits per heavy atom. The average Bonchev–Trinajstić information content (AvgIpc) is 3.35. The third-order valence-corrected chi connectivity index (χ3v) is 5.18. The van der Waals surface area contributed by atoms with Crippen LogP contribution in [-0.2, 0) is 0 Å². The molecule has 0 unspecified atom stereocenters. The Bertz CT molecular complexity index is 1120. The SMILES string of the molecule is Cc1ccc2nc(NC(=O)c3ccc(C#N)cc3)c(C(=O)NC3CCCC3)n2c1. The van der Waals surface area contributed by atoms with E-state index in [1.54, 1.807) is 28.7 Å². The fraction of sp³-hybridized carbons (Fsp3) is 0.273. The molecule has 0 aliphatic heterocycles. The molecule has 7 nitrogen and oxygen atoms in total. The quantitative estimate of drug-likeness (QED) is 0.716. The topological polar surface area (TPSA) is 99.3 Å². The van der Waals surface area contributed by atoms with Gasteiger partial charge in [0.05, 0.1) is 11.6 Å². The van der Waals surface area contributed by atoms with E-state index in [1.165, 1.54) is 0 Å². The Morgan fingerprint density at radius 1 is 1.10 bits per heavy atom. The minimum atomic E-state index is -0.385. The van der Waals surface area contributed by atoms with Crippen LogP contribution in [0.5, 0.6) is 0 Å². The molecule has 0 bridgehead atoms. The average molecular weight is 387 g/mol. The van der Waals surface area contributed by atoms with Crippen LogP contribution in [0.3, 0.4) is 0 Å². The Morgan fingerprint density at radius 2 is 1.83 bits per heavy atom. The molecule has 4 rings (SSSR count). The van der Waals surface area contributed by atoms with Crippen LogP contribution < -0.4 is 10.6 Å². The lowest BCUT2D eigenvalue weighted by Gasteiger charge is -2.13. The third kappa shape index (κ3) is 3.83. The highest BCUT2D eigenvalue weighted by Crippen LogP contribution is 2.22. The zero-order valence-corrected chi connectivity index (χ0v) is 16.1. The van der Waals surface area contributed by atoms with Gasteiger partial charge in [0.25, 0.3) is 11.8 Å². The first-order valence-electron chi connectivity index (χ1n) is 9.66. The second-order valence-corrected chi connectivity index (χ2v) is 7.34. The molecular weight excluding hydrogens is 366 g/mol. The largest absolute Gasteiger partial charge is 0.348 e. The van der Waals surface area contributed by atoms with Gasteiger partial charge in [-0.15, -0.1) is 0 Å². The van der Waals surface area contributed by atoms with E-state index in [4.69, 9.17) is 5.26 Å². The van der Waals surface area contributed by atoms with E-state index in [-0.39, 0.29) is 23.7 Å². The molecule has 3 aromatic rings. The number of nitrogens with zero attached hydrogens (tertiary/aromatic N) is 3. The number of aryl methyl sites for hydroxylation is 1. The Balaban J connectivity index is 1.67. The van der Waals surface area contributed by atoms with Crippen molar-refractivity contribution in [2.45, 2.75) is 38.6 Å². The van der Waals surface area contributed by atoms with Crippen molar-refractivity contribution in [2.75, 3.05) is 5.32 Å². The number of imidazole rings is 1. The summed E-state index contributed by atoms with van der Waals surface area (Å²) in [6, 6.07) is 12.2. The number of nitriles is 1. The van der Waals surface area contributed by atoms with Gasteiger partial charge in [0.15, 0.2) is 11.5 Å². The van der Waals surface area contributed by atoms with Crippen LogP contribution in [0.25, 0.3) is 5.65 Å². The molecule has 2 amide bonds. The molecule has 1 saturated carbocycles. The zero-order valence-electron chi connectivity index (χ0n) is 16.1. The molecule has 0 atom stereocenters. The number of aromatic nitrogens is 2. The van der Waals surface area contributed by atoms with Crippen molar-refractivity contribution in [1.29, 1.82) is 5.26 Å². The summed E-state index contributed by atoms with van der Waals surface area (Å²) in [5.41, 5.74) is 2.75. The Labute approximate surface area is 168 Å². The molecule has 0 saturated heterocycles. The lowest BCUT2D eigenvalue weighted by Crippen LogP contribution is -2.34. The normalized spacial score (nSPS) is 13.9. The molecule has 1 aromatic carbocycles. The number of anilines is 1. The number of hydrogen-bond acceptors (Lipinski definition) is 4. The first kappa shape index (κ1) is 18.7. The van der Waals surface area contributed by atoms with Gasteiger partial charge >= 0.3 is 0 Å². The van der Waals surface area contributed by atoms with E-state index in [0.717, 1.165) is 31.2 Å². The number of hydrogen-bond donors (Lipinski definition) is 2. The predicted octanol–water partition coefficient (Wildman–Crippen LogP) is 3.44. The van der Waals surface area contributed by atoms with E-state index in [0.29, 0.717) is 22.5 Å². The molecule has 2 aromatic heterocycles. The van der Waals surface area contributed by atoms with Crippen molar-refractivity contribution in [3.05, 3.63) is 65.0 Å². The molecule has 0 spiro atoms. The predicted molar refractivity (Wildman–Crippen MR) is 109 cm³/mol. The summed E-state index contributed by atoms with van der Waals surface area (Å²) in [4.78, 5) is 30.2. The van der Waals surface area contributed by atoms with Crippen molar-refractivity contribution in [3.63, 3.8) is 0 Å². The van der Waals surface area contributed by atoms with E-state index >= 15 is 0 Å². The number of carbonyl (C=O) groups excluding carboxylic acids is 2. The van der Waals surface area contributed by atoms with E-state index in [1.807, 2.05) is 31.3 Å². The van der Waals surface area contributed by atoms with Gasteiger partial charge in [-0.05, 0) is 55.7 Å². The van der Waals surface area contributed by atoms with Gasteiger partial charge in [-0.1, -0.05) is 18.9 Å². The van der Waals surface area contributed by atoms with Crippen LogP contribution in [0.1, 0.15) is 57.7 Å². The number of benzene rings is 1. The lowest BCUT2D eigenvalue weighted by atomic mass is 10.1. The lowest BCUT2D eigenvalue weighted by molar-refractivity contribution is 0.0933. The van der Waals surface area contributed by atoms with Gasteiger partial charge in [-0.3, -0.25) is 14.0 Å². The van der Waals surface area contributed by atoms with Crippen molar-refractivity contribution in [2.24, 2.45) is 0 Å². The molecule has 1 aliphatic carbocycles. The summed E-state index contributed by atoms with van der Waals surface area (Å²) in [6.45, 7) is 1.94. The number of rotatable bonds is 4. The van der Waals surface area contributed by atoms with Gasteiger partial charge in [-0.2, -0.15) is 5.26 Å². The molecule has 1 aliphatic rings. The smallest absolute Gasteiger partial charge is 0.272 e. The summed E-state index contributed by atoms with van der Waals surface area (Å²) in [6.07, 6.45) is 5.99. The van der Waals surface area contributed by atoms with Crippen LogP contribution in [0.4, 0.5) is 5.82 Å². The number of amides is 2. The second-order valence-electron chi connectivity index (χ2n) is 7.34. The van der Waals surface area contributed by atoms with Gasteiger partial charge in [0, 0.05) is 17.8 Å². The molecule has 146 valence electrons. The summed E-state index contributed by atoms with van der Waals surface area (Å²) >= 11 is 0. The molecule has 2 N–H and O–H groups in total. The van der Waals surface area contributed by atoms with Crippen LogP contribution in [-0.4, -0.2) is 27.2 Å². The summed E-state index contributed by atoms with van der Waals surface area (Å²) < 4.78 is 1.72. The molecule has 2 heterocycles. The van der Waals surface area contributed by atoms with Crippen molar-refractivity contribution >= 4 is 23.3 Å². The van der Waals surface area contributed by atoms with Crippen LogP contribution >= 0.6 is 0 Å². The highest BCUT2D eigenvalue weighted by Gasteiger charge is 2.25. The molecule has 1 fully saturated rings. The van der Waals surface area contributed by atoms with Crippen LogP contribution in [0.2, 0.25) is 0 Å². The second kappa shape index (κ2) is 7.76. The maximum atomic E-state index is 13.1. The van der Waals surface area contributed by atoms with Gasteiger partial charge in [0.2, 0.25) is 0 Å².